The zero-order chi connectivity index (χ0) is 9.35. The van der Waals surface area contributed by atoms with Crippen LogP contribution in [-0.4, -0.2) is 16.7 Å². The van der Waals surface area contributed by atoms with Gasteiger partial charge in [-0.15, -0.1) is 0 Å². The highest BCUT2D eigenvalue weighted by Gasteiger charge is 2.35. The molecule has 1 fully saturated rings. The Morgan fingerprint density at radius 1 is 1.25 bits per heavy atom. The highest BCUT2D eigenvalue weighted by Crippen LogP contribution is 2.33. The van der Waals surface area contributed by atoms with Gasteiger partial charge in [0.25, 0.3) is 0 Å². The Morgan fingerprint density at radius 2 is 1.67 bits per heavy atom. The van der Waals surface area contributed by atoms with Gasteiger partial charge in [0.2, 0.25) is 0 Å². The van der Waals surface area contributed by atoms with Crippen LogP contribution in [0.3, 0.4) is 0 Å². The molecule has 1 saturated carbocycles. The first-order chi connectivity index (χ1) is 5.46. The third-order valence-electron chi connectivity index (χ3n) is 2.01. The molecule has 0 amide bonds. The van der Waals surface area contributed by atoms with Crippen molar-refractivity contribution in [1.82, 2.24) is 0 Å². The van der Waals surface area contributed by atoms with Crippen molar-refractivity contribution >= 4 is 11.6 Å². The fourth-order valence-electron chi connectivity index (χ4n) is 1.42. The summed E-state index contributed by atoms with van der Waals surface area (Å²) in [6.45, 7) is 3.74. The summed E-state index contributed by atoms with van der Waals surface area (Å²) >= 11 is 0. The Labute approximate surface area is 71.1 Å². The van der Waals surface area contributed by atoms with Crippen LogP contribution in [0, 0.1) is 5.41 Å². The van der Waals surface area contributed by atoms with E-state index in [-0.39, 0.29) is 22.6 Å². The molecule has 0 spiro atoms. The Morgan fingerprint density at radius 3 is 2.00 bits per heavy atom. The van der Waals surface area contributed by atoms with E-state index in [0.29, 0.717) is 19.1 Å². The van der Waals surface area contributed by atoms with Crippen molar-refractivity contribution in [2.24, 2.45) is 5.41 Å². The number of Topliss-reactive ketones (excluding diaryl/α,β-unsaturated/α-hetero) is 2. The topological polar surface area (TPSA) is 54.4 Å². The van der Waals surface area contributed by atoms with Gasteiger partial charge in [-0.1, -0.05) is 13.8 Å². The van der Waals surface area contributed by atoms with Crippen LogP contribution in [0.1, 0.15) is 26.7 Å². The Hall–Kier alpha value is -1.12. The molecule has 1 N–H and O–H groups in total. The Kier molecular flexibility index (Phi) is 2.04. The van der Waals surface area contributed by atoms with E-state index in [4.69, 9.17) is 5.11 Å². The molecule has 66 valence electrons. The summed E-state index contributed by atoms with van der Waals surface area (Å²) < 4.78 is 0. The quantitative estimate of drug-likeness (QED) is 0.338. The van der Waals surface area contributed by atoms with Crippen molar-refractivity contribution in [3.05, 3.63) is 11.8 Å². The second kappa shape index (κ2) is 2.73. The van der Waals surface area contributed by atoms with Crippen molar-refractivity contribution in [2.75, 3.05) is 0 Å². The summed E-state index contributed by atoms with van der Waals surface area (Å²) in [5.41, 5.74) is -0.296. The lowest BCUT2D eigenvalue weighted by atomic mass is 9.74. The third kappa shape index (κ3) is 1.55. The number of carbonyl (C=O) groups excluding carboxylic acids is 2. The first-order valence-electron chi connectivity index (χ1n) is 3.87. The van der Waals surface area contributed by atoms with E-state index in [1.165, 1.54) is 0 Å². The minimum absolute atomic E-state index is 0.0469. The van der Waals surface area contributed by atoms with Crippen LogP contribution in [0.15, 0.2) is 11.8 Å². The van der Waals surface area contributed by atoms with E-state index in [0.717, 1.165) is 0 Å². The number of aliphatic hydroxyl groups excluding tert-OH is 1. The van der Waals surface area contributed by atoms with Gasteiger partial charge in [0.05, 0.1) is 11.8 Å². The molecule has 1 aliphatic rings. The lowest BCUT2D eigenvalue weighted by Crippen LogP contribution is -2.31. The van der Waals surface area contributed by atoms with Crippen LogP contribution in [-0.2, 0) is 9.59 Å². The number of hydrogen-bond acceptors (Lipinski definition) is 3. The molecule has 1 rings (SSSR count). The maximum absolute atomic E-state index is 11.2. The zero-order valence-corrected chi connectivity index (χ0v) is 7.26. The van der Waals surface area contributed by atoms with E-state index in [2.05, 4.69) is 0 Å². The summed E-state index contributed by atoms with van der Waals surface area (Å²) in [7, 11) is 0. The van der Waals surface area contributed by atoms with Gasteiger partial charge < -0.3 is 5.11 Å². The molecule has 1 aliphatic carbocycles. The van der Waals surface area contributed by atoms with E-state index in [1.807, 2.05) is 13.8 Å². The molecular weight excluding hydrogens is 156 g/mol. The summed E-state index contributed by atoms with van der Waals surface area (Å²) in [4.78, 5) is 22.4. The van der Waals surface area contributed by atoms with Crippen LogP contribution in [0.25, 0.3) is 0 Å². The summed E-state index contributed by atoms with van der Waals surface area (Å²) in [5, 5.41) is 8.60. The van der Waals surface area contributed by atoms with Crippen LogP contribution in [0.4, 0.5) is 0 Å². The highest BCUT2D eigenvalue weighted by atomic mass is 16.2. The molecule has 0 aliphatic heterocycles. The van der Waals surface area contributed by atoms with Crippen molar-refractivity contribution in [2.45, 2.75) is 26.7 Å². The first kappa shape index (κ1) is 8.97. The minimum Gasteiger partial charge on any atom is -0.515 e. The van der Waals surface area contributed by atoms with Crippen molar-refractivity contribution in [1.29, 1.82) is 0 Å². The third-order valence-corrected chi connectivity index (χ3v) is 2.01. The summed E-state index contributed by atoms with van der Waals surface area (Å²) in [6.07, 6.45) is 1.30. The molecule has 0 saturated heterocycles. The molecule has 0 atom stereocenters. The normalized spacial score (nSPS) is 22.7. The van der Waals surface area contributed by atoms with Gasteiger partial charge in [0.1, 0.15) is 0 Å². The average molecular weight is 168 g/mol. The second-order valence-corrected chi connectivity index (χ2v) is 3.91. The maximum atomic E-state index is 11.2. The number of carbonyl (C=O) groups is 2. The number of rotatable bonds is 0. The van der Waals surface area contributed by atoms with Crippen molar-refractivity contribution in [3.63, 3.8) is 0 Å². The van der Waals surface area contributed by atoms with E-state index >= 15 is 0 Å². The Bertz CT molecular complexity index is 239. The maximum Gasteiger partial charge on any atom is 0.170 e. The summed E-state index contributed by atoms with van der Waals surface area (Å²) in [5.74, 6) is -0.502. The van der Waals surface area contributed by atoms with E-state index < -0.39 is 0 Å². The van der Waals surface area contributed by atoms with Gasteiger partial charge in [-0.05, 0) is 5.41 Å². The van der Waals surface area contributed by atoms with E-state index in [9.17, 15) is 9.59 Å². The first-order valence-corrected chi connectivity index (χ1v) is 3.87. The minimum atomic E-state index is -0.251. The molecule has 3 nitrogen and oxygen atoms in total. The molecule has 0 bridgehead atoms. The fourth-order valence-corrected chi connectivity index (χ4v) is 1.42. The zero-order valence-electron chi connectivity index (χ0n) is 7.26. The highest BCUT2D eigenvalue weighted by molar-refractivity contribution is 6.21. The average Bonchev–Trinajstić information content (AvgIpc) is 1.82. The second-order valence-electron chi connectivity index (χ2n) is 3.91. The van der Waals surface area contributed by atoms with Gasteiger partial charge in [-0.25, -0.2) is 0 Å². The Balaban J connectivity index is 2.93. The van der Waals surface area contributed by atoms with Gasteiger partial charge in [0.15, 0.2) is 11.6 Å². The number of aliphatic hydroxyl groups is 1. The van der Waals surface area contributed by atoms with Crippen LogP contribution in [0.2, 0.25) is 0 Å². The van der Waals surface area contributed by atoms with Crippen LogP contribution >= 0.6 is 0 Å². The smallest absolute Gasteiger partial charge is 0.170 e. The van der Waals surface area contributed by atoms with Crippen LogP contribution in [0.5, 0.6) is 0 Å². The van der Waals surface area contributed by atoms with E-state index in [1.54, 1.807) is 0 Å². The lowest BCUT2D eigenvalue weighted by molar-refractivity contribution is -0.127. The molecule has 0 aromatic rings. The fraction of sp³-hybridized carbons (Fsp3) is 0.556. The molecule has 0 aromatic carbocycles. The van der Waals surface area contributed by atoms with Gasteiger partial charge >= 0.3 is 0 Å². The lowest BCUT2D eigenvalue weighted by Gasteiger charge is -2.27. The van der Waals surface area contributed by atoms with Crippen LogP contribution < -0.4 is 0 Å². The van der Waals surface area contributed by atoms with Crippen molar-refractivity contribution in [3.8, 4) is 0 Å². The standard InChI is InChI=1S/C9H12O3/c1-9(2)3-7(11)6(5-10)8(12)4-9/h5,10H,3-4H2,1-2H3. The molecule has 12 heavy (non-hydrogen) atoms. The number of allylic oxidation sites excluding steroid dienone is 1. The number of hydrogen-bond donors (Lipinski definition) is 1. The molecule has 0 aromatic heterocycles. The molecular formula is C9H12O3. The molecule has 0 unspecified atom stereocenters. The van der Waals surface area contributed by atoms with Gasteiger partial charge in [-0.2, -0.15) is 0 Å². The molecule has 3 heteroatoms. The largest absolute Gasteiger partial charge is 0.515 e. The predicted octanol–water partition coefficient (Wildman–Crippen LogP) is 1.39. The van der Waals surface area contributed by atoms with Gasteiger partial charge in [-0.3, -0.25) is 9.59 Å². The predicted molar refractivity (Wildman–Crippen MR) is 43.7 cm³/mol. The van der Waals surface area contributed by atoms with Gasteiger partial charge in [0, 0.05) is 12.8 Å². The molecule has 0 radical (unpaired) electrons. The number of ketones is 2. The summed E-state index contributed by atoms with van der Waals surface area (Å²) in [6, 6.07) is 0. The van der Waals surface area contributed by atoms with Crippen molar-refractivity contribution < 1.29 is 14.7 Å². The SMILES string of the molecule is CC1(C)CC(=O)C(=CO)C(=O)C1. The monoisotopic (exact) mass is 168 g/mol. The molecule has 0 heterocycles.